The summed E-state index contributed by atoms with van der Waals surface area (Å²) in [5, 5.41) is 3.27. The fourth-order valence-electron chi connectivity index (χ4n) is 4.09. The zero-order chi connectivity index (χ0) is 23.8. The van der Waals surface area contributed by atoms with Crippen molar-refractivity contribution in [1.82, 2.24) is 10.2 Å². The van der Waals surface area contributed by atoms with E-state index in [4.69, 9.17) is 9.73 Å². The molecule has 0 aliphatic carbocycles. The molecule has 1 saturated heterocycles. The Morgan fingerprint density at radius 2 is 1.97 bits per heavy atom. The Bertz CT molecular complexity index is 1110. The Morgan fingerprint density at radius 1 is 1.24 bits per heavy atom. The molecule has 0 radical (unpaired) electrons. The van der Waals surface area contributed by atoms with E-state index in [1.807, 2.05) is 26.8 Å². The molecule has 0 bridgehead atoms. The molecule has 2 aromatic carbocycles. The SMILES string of the molecule is CC(C)(C)OC(=O)N1C[C@@H]2CSC(NC(=O)c3ccccc3)=N[C@]2(c2cc(Br)ccc2F)C1. The number of carbonyl (C=O) groups excluding carboxylic acids is 2. The number of halogens is 2. The van der Waals surface area contributed by atoms with Crippen LogP contribution in [0.25, 0.3) is 0 Å². The Kier molecular flexibility index (Phi) is 6.55. The molecule has 0 spiro atoms. The van der Waals surface area contributed by atoms with Crippen molar-refractivity contribution in [3.63, 3.8) is 0 Å². The minimum Gasteiger partial charge on any atom is -0.444 e. The average molecular weight is 534 g/mol. The van der Waals surface area contributed by atoms with Gasteiger partial charge in [-0.1, -0.05) is 45.9 Å². The van der Waals surface area contributed by atoms with Crippen molar-refractivity contribution in [2.24, 2.45) is 10.9 Å². The quantitative estimate of drug-likeness (QED) is 0.577. The van der Waals surface area contributed by atoms with E-state index in [9.17, 15) is 9.59 Å². The Hall–Kier alpha value is -2.39. The van der Waals surface area contributed by atoms with Gasteiger partial charge in [-0.25, -0.2) is 14.2 Å². The van der Waals surface area contributed by atoms with Gasteiger partial charge in [0.05, 0.1) is 6.54 Å². The molecule has 0 aromatic heterocycles. The molecule has 4 rings (SSSR count). The van der Waals surface area contributed by atoms with E-state index in [-0.39, 0.29) is 18.4 Å². The van der Waals surface area contributed by atoms with Crippen molar-refractivity contribution in [1.29, 1.82) is 0 Å². The van der Waals surface area contributed by atoms with Crippen LogP contribution >= 0.6 is 27.7 Å². The lowest BCUT2D eigenvalue weighted by molar-refractivity contribution is 0.0281. The molecular formula is C24H25BrFN3O3S. The molecule has 2 atom stereocenters. The maximum atomic E-state index is 15.1. The number of hydrogen-bond acceptors (Lipinski definition) is 5. The van der Waals surface area contributed by atoms with Crippen LogP contribution in [0, 0.1) is 11.7 Å². The van der Waals surface area contributed by atoms with Crippen LogP contribution in [-0.2, 0) is 10.3 Å². The predicted octanol–water partition coefficient (Wildman–Crippen LogP) is 5.18. The number of benzene rings is 2. The van der Waals surface area contributed by atoms with Crippen LogP contribution in [0.2, 0.25) is 0 Å². The zero-order valence-electron chi connectivity index (χ0n) is 18.6. The Balaban J connectivity index is 1.71. The fraction of sp³-hybridized carbons (Fsp3) is 0.375. The van der Waals surface area contributed by atoms with E-state index in [0.717, 1.165) is 0 Å². The highest BCUT2D eigenvalue weighted by Crippen LogP contribution is 2.47. The fourth-order valence-corrected chi connectivity index (χ4v) is 5.59. The molecule has 33 heavy (non-hydrogen) atoms. The molecule has 0 saturated carbocycles. The third kappa shape index (κ3) is 5.09. The van der Waals surface area contributed by atoms with Gasteiger partial charge < -0.3 is 15.0 Å². The van der Waals surface area contributed by atoms with E-state index < -0.39 is 23.1 Å². The van der Waals surface area contributed by atoms with Gasteiger partial charge in [-0.2, -0.15) is 0 Å². The molecule has 2 amide bonds. The lowest BCUT2D eigenvalue weighted by Gasteiger charge is -2.35. The number of fused-ring (bicyclic) bond motifs is 1. The number of amides is 2. The number of ether oxygens (including phenoxy) is 1. The normalized spacial score (nSPS) is 22.4. The topological polar surface area (TPSA) is 71.0 Å². The number of nitrogens with zero attached hydrogens (tertiary/aromatic N) is 2. The number of nitrogens with one attached hydrogen (secondary N) is 1. The smallest absolute Gasteiger partial charge is 0.410 e. The van der Waals surface area contributed by atoms with Crippen molar-refractivity contribution in [2.75, 3.05) is 18.8 Å². The number of rotatable bonds is 2. The van der Waals surface area contributed by atoms with Crippen molar-refractivity contribution >= 4 is 44.9 Å². The second kappa shape index (κ2) is 9.10. The van der Waals surface area contributed by atoms with E-state index in [1.165, 1.54) is 17.8 Å². The molecule has 2 aliphatic heterocycles. The molecule has 6 nitrogen and oxygen atoms in total. The molecular weight excluding hydrogens is 509 g/mol. The lowest BCUT2D eigenvalue weighted by Crippen LogP contribution is -2.43. The van der Waals surface area contributed by atoms with Gasteiger partial charge in [0.2, 0.25) is 0 Å². The average Bonchev–Trinajstić information content (AvgIpc) is 3.15. The number of hydrogen-bond donors (Lipinski definition) is 1. The van der Waals surface area contributed by atoms with Crippen LogP contribution < -0.4 is 5.32 Å². The van der Waals surface area contributed by atoms with Crippen molar-refractivity contribution in [3.05, 3.63) is 69.9 Å². The lowest BCUT2D eigenvalue weighted by atomic mass is 9.81. The van der Waals surface area contributed by atoms with Crippen LogP contribution in [0.15, 0.2) is 58.0 Å². The highest BCUT2D eigenvalue weighted by Gasteiger charge is 2.53. The Labute approximate surface area is 205 Å². The maximum Gasteiger partial charge on any atom is 0.410 e. The summed E-state index contributed by atoms with van der Waals surface area (Å²) >= 11 is 4.83. The second-order valence-corrected chi connectivity index (χ2v) is 11.1. The van der Waals surface area contributed by atoms with Crippen LogP contribution in [0.4, 0.5) is 9.18 Å². The largest absolute Gasteiger partial charge is 0.444 e. The van der Waals surface area contributed by atoms with Gasteiger partial charge in [0.1, 0.15) is 17.0 Å². The summed E-state index contributed by atoms with van der Waals surface area (Å²) in [6.45, 7) is 5.97. The minimum atomic E-state index is -1.03. The van der Waals surface area contributed by atoms with Crippen LogP contribution in [0.3, 0.4) is 0 Å². The highest BCUT2D eigenvalue weighted by atomic mass is 79.9. The Morgan fingerprint density at radius 3 is 2.67 bits per heavy atom. The van der Waals surface area contributed by atoms with Crippen LogP contribution in [0.1, 0.15) is 36.7 Å². The van der Waals surface area contributed by atoms with E-state index in [2.05, 4.69) is 21.2 Å². The van der Waals surface area contributed by atoms with Gasteiger partial charge in [0.25, 0.3) is 5.91 Å². The van der Waals surface area contributed by atoms with E-state index in [1.54, 1.807) is 41.3 Å². The van der Waals surface area contributed by atoms with Crippen molar-refractivity contribution < 1.29 is 18.7 Å². The van der Waals surface area contributed by atoms with Gasteiger partial charge in [-0.05, 0) is 51.1 Å². The molecule has 1 fully saturated rings. The van der Waals surface area contributed by atoms with E-state index in [0.29, 0.717) is 33.1 Å². The predicted molar refractivity (Wildman–Crippen MR) is 131 cm³/mol. The summed E-state index contributed by atoms with van der Waals surface area (Å²) in [5.41, 5.74) is -0.784. The highest BCUT2D eigenvalue weighted by molar-refractivity contribution is 9.10. The standard InChI is InChI=1S/C24H25BrFN3O3S/c1-23(2,3)32-22(31)29-12-16-13-33-21(27-20(30)15-7-5-4-6-8-15)28-24(16,14-29)18-11-17(25)9-10-19(18)26/h4-11,16H,12-14H2,1-3H3,(H,27,28,30)/t16-,24-/m1/s1. The molecule has 2 aromatic rings. The number of likely N-dealkylation sites (tertiary alicyclic amines) is 1. The summed E-state index contributed by atoms with van der Waals surface area (Å²) < 4.78 is 21.4. The molecule has 174 valence electrons. The molecule has 9 heteroatoms. The molecule has 2 heterocycles. The second-order valence-electron chi connectivity index (χ2n) is 9.15. The maximum absolute atomic E-state index is 15.1. The first-order chi connectivity index (χ1) is 15.6. The first-order valence-electron chi connectivity index (χ1n) is 10.6. The summed E-state index contributed by atoms with van der Waals surface area (Å²) in [5.74, 6) is -0.263. The van der Waals surface area contributed by atoms with Gasteiger partial charge >= 0.3 is 6.09 Å². The third-order valence-electron chi connectivity index (χ3n) is 5.57. The van der Waals surface area contributed by atoms with Gasteiger partial charge in [-0.3, -0.25) is 4.79 Å². The number of thioether (sulfide) groups is 1. The summed E-state index contributed by atoms with van der Waals surface area (Å²) in [6.07, 6.45) is -0.457. The minimum absolute atomic E-state index is 0.142. The first kappa shape index (κ1) is 23.8. The van der Waals surface area contributed by atoms with Crippen LogP contribution in [0.5, 0.6) is 0 Å². The molecule has 2 aliphatic rings. The summed E-state index contributed by atoms with van der Waals surface area (Å²) in [6, 6.07) is 13.6. The molecule has 1 N–H and O–H groups in total. The van der Waals surface area contributed by atoms with Gasteiger partial charge in [-0.15, -0.1) is 0 Å². The monoisotopic (exact) mass is 533 g/mol. The molecule has 0 unspecified atom stereocenters. The number of aliphatic imine (C=N–C) groups is 1. The summed E-state index contributed by atoms with van der Waals surface area (Å²) in [7, 11) is 0. The zero-order valence-corrected chi connectivity index (χ0v) is 21.0. The first-order valence-corrected chi connectivity index (χ1v) is 12.4. The number of amidine groups is 1. The number of carbonyl (C=O) groups is 2. The van der Waals surface area contributed by atoms with Crippen molar-refractivity contribution in [2.45, 2.75) is 31.9 Å². The van der Waals surface area contributed by atoms with Crippen LogP contribution in [-0.4, -0.2) is 46.5 Å². The van der Waals surface area contributed by atoms with Gasteiger partial charge in [0.15, 0.2) is 5.17 Å². The summed E-state index contributed by atoms with van der Waals surface area (Å²) in [4.78, 5) is 32.0. The van der Waals surface area contributed by atoms with Gasteiger partial charge in [0, 0.05) is 33.8 Å². The van der Waals surface area contributed by atoms with E-state index >= 15 is 4.39 Å². The third-order valence-corrected chi connectivity index (χ3v) is 7.10. The van der Waals surface area contributed by atoms with Crippen molar-refractivity contribution in [3.8, 4) is 0 Å².